The zero-order chi connectivity index (χ0) is 25.7. The molecular formula is C25H33F3N2O5. The monoisotopic (exact) mass is 498 g/mol. The normalized spacial score (nSPS) is 13.2. The molecule has 0 aliphatic heterocycles. The number of benzene rings is 1. The van der Waals surface area contributed by atoms with Crippen molar-refractivity contribution in [2.45, 2.75) is 77.9 Å². The minimum atomic E-state index is -4.82. The first-order valence-electron chi connectivity index (χ1n) is 11.9. The van der Waals surface area contributed by atoms with Crippen LogP contribution < -0.4 is 9.47 Å². The highest BCUT2D eigenvalue weighted by Gasteiger charge is 2.49. The topological polar surface area (TPSA) is 79.8 Å². The zero-order valence-corrected chi connectivity index (χ0v) is 20.3. The second-order valence-corrected chi connectivity index (χ2v) is 7.85. The number of halogens is 3. The number of carbonyl (C=O) groups excluding carboxylic acids is 1. The highest BCUT2D eigenvalue weighted by Crippen LogP contribution is 2.29. The van der Waals surface area contributed by atoms with E-state index in [1.807, 2.05) is 31.2 Å². The molecule has 0 saturated heterocycles. The van der Waals surface area contributed by atoms with Crippen molar-refractivity contribution >= 4 is 5.97 Å². The fourth-order valence-corrected chi connectivity index (χ4v) is 2.96. The summed E-state index contributed by atoms with van der Waals surface area (Å²) >= 11 is 0. The maximum atomic E-state index is 13.6. The number of nitrogens with zero attached hydrogens (tertiary/aromatic N) is 2. The third-order valence-electron chi connectivity index (χ3n) is 4.95. The molecule has 2 rings (SSSR count). The highest BCUT2D eigenvalue weighted by molar-refractivity contribution is 5.69. The van der Waals surface area contributed by atoms with Crippen molar-refractivity contribution in [3.8, 4) is 22.9 Å². The number of hydrogen-bond acceptors (Lipinski definition) is 7. The lowest BCUT2D eigenvalue weighted by molar-refractivity contribution is -0.280. The van der Waals surface area contributed by atoms with Crippen molar-refractivity contribution in [1.29, 1.82) is 0 Å². The molecule has 0 bridgehead atoms. The SMILES string of the molecule is CCCCCOc1ccc(-c2ccc(OC(OC(=O)CC)C(OCCCC)C(F)(F)F)nn2)cc1. The van der Waals surface area contributed by atoms with Crippen molar-refractivity contribution < 1.29 is 36.9 Å². The summed E-state index contributed by atoms with van der Waals surface area (Å²) in [6, 6.07) is 10.2. The number of ether oxygens (including phenoxy) is 4. The van der Waals surface area contributed by atoms with Crippen LogP contribution in [0, 0.1) is 0 Å². The molecule has 0 aliphatic carbocycles. The summed E-state index contributed by atoms with van der Waals surface area (Å²) in [5.41, 5.74) is 1.23. The Morgan fingerprint density at radius 3 is 2.20 bits per heavy atom. The van der Waals surface area contributed by atoms with Gasteiger partial charge in [-0.1, -0.05) is 40.0 Å². The van der Waals surface area contributed by atoms with Crippen molar-refractivity contribution in [2.24, 2.45) is 0 Å². The van der Waals surface area contributed by atoms with Crippen LogP contribution in [0.5, 0.6) is 11.6 Å². The molecule has 0 amide bonds. The molecule has 0 radical (unpaired) electrons. The first-order chi connectivity index (χ1) is 16.8. The van der Waals surface area contributed by atoms with Crippen molar-refractivity contribution in [3.63, 3.8) is 0 Å². The fraction of sp³-hybridized carbons (Fsp3) is 0.560. The predicted molar refractivity (Wildman–Crippen MR) is 124 cm³/mol. The zero-order valence-electron chi connectivity index (χ0n) is 20.3. The summed E-state index contributed by atoms with van der Waals surface area (Å²) in [5.74, 6) is -0.351. The van der Waals surface area contributed by atoms with Crippen LogP contribution in [0.15, 0.2) is 36.4 Å². The smallest absolute Gasteiger partial charge is 0.422 e. The molecule has 0 saturated carbocycles. The van der Waals surface area contributed by atoms with E-state index in [9.17, 15) is 18.0 Å². The van der Waals surface area contributed by atoms with Gasteiger partial charge >= 0.3 is 12.1 Å². The third-order valence-corrected chi connectivity index (χ3v) is 4.95. The van der Waals surface area contributed by atoms with E-state index in [1.54, 1.807) is 6.07 Å². The molecule has 0 aliphatic rings. The Kier molecular flexibility index (Phi) is 11.8. The minimum absolute atomic E-state index is 0.123. The van der Waals surface area contributed by atoms with Crippen molar-refractivity contribution in [2.75, 3.05) is 13.2 Å². The third kappa shape index (κ3) is 9.71. The second-order valence-electron chi connectivity index (χ2n) is 7.85. The van der Waals surface area contributed by atoms with E-state index < -0.39 is 24.5 Å². The molecule has 2 aromatic rings. The van der Waals surface area contributed by atoms with Gasteiger partial charge in [-0.2, -0.15) is 13.2 Å². The molecule has 1 heterocycles. The summed E-state index contributed by atoms with van der Waals surface area (Å²) in [5, 5.41) is 7.90. The lowest BCUT2D eigenvalue weighted by Crippen LogP contribution is -2.47. The van der Waals surface area contributed by atoms with Crippen LogP contribution in [-0.4, -0.2) is 48.0 Å². The number of rotatable bonds is 15. The molecule has 2 atom stereocenters. The predicted octanol–water partition coefficient (Wildman–Crippen LogP) is 6.12. The van der Waals surface area contributed by atoms with Gasteiger partial charge in [0, 0.05) is 24.7 Å². The molecule has 10 heteroatoms. The maximum absolute atomic E-state index is 13.6. The molecule has 0 N–H and O–H groups in total. The largest absolute Gasteiger partial charge is 0.494 e. The van der Waals surface area contributed by atoms with Crippen LogP contribution in [0.3, 0.4) is 0 Å². The van der Waals surface area contributed by atoms with E-state index in [4.69, 9.17) is 18.9 Å². The molecule has 0 fully saturated rings. The van der Waals surface area contributed by atoms with E-state index in [0.717, 1.165) is 30.6 Å². The number of carbonyl (C=O) groups is 1. The number of hydrogen-bond donors (Lipinski definition) is 0. The number of unbranched alkanes of at least 4 members (excludes halogenated alkanes) is 3. The summed E-state index contributed by atoms with van der Waals surface area (Å²) in [4.78, 5) is 11.8. The average Bonchev–Trinajstić information content (AvgIpc) is 2.84. The Labute approximate surface area is 203 Å². The van der Waals surface area contributed by atoms with Gasteiger partial charge < -0.3 is 18.9 Å². The van der Waals surface area contributed by atoms with Crippen molar-refractivity contribution in [1.82, 2.24) is 10.2 Å². The Morgan fingerprint density at radius 1 is 0.914 bits per heavy atom. The number of alkyl halides is 3. The van der Waals surface area contributed by atoms with Gasteiger partial charge in [-0.15, -0.1) is 10.2 Å². The van der Waals surface area contributed by atoms with Crippen LogP contribution in [0.2, 0.25) is 0 Å². The lowest BCUT2D eigenvalue weighted by atomic mass is 10.1. The Bertz CT molecular complexity index is 876. The van der Waals surface area contributed by atoms with Crippen molar-refractivity contribution in [3.05, 3.63) is 36.4 Å². The van der Waals surface area contributed by atoms with Gasteiger partial charge in [0.1, 0.15) is 5.75 Å². The number of aromatic nitrogens is 2. The van der Waals surface area contributed by atoms with Gasteiger partial charge in [0.05, 0.1) is 12.3 Å². The average molecular weight is 499 g/mol. The first-order valence-corrected chi connectivity index (χ1v) is 11.9. The Balaban J connectivity index is 2.11. The fourth-order valence-electron chi connectivity index (χ4n) is 2.96. The molecule has 1 aromatic heterocycles. The Morgan fingerprint density at radius 2 is 1.63 bits per heavy atom. The summed E-state index contributed by atoms with van der Waals surface area (Å²) in [7, 11) is 0. The summed E-state index contributed by atoms with van der Waals surface area (Å²) < 4.78 is 61.8. The van der Waals surface area contributed by atoms with E-state index in [1.165, 1.54) is 13.0 Å². The quantitative estimate of drug-likeness (QED) is 0.166. The van der Waals surface area contributed by atoms with Gasteiger partial charge in [0.2, 0.25) is 12.0 Å². The van der Waals surface area contributed by atoms with Crippen LogP contribution in [0.1, 0.15) is 59.3 Å². The molecule has 2 unspecified atom stereocenters. The van der Waals surface area contributed by atoms with Gasteiger partial charge in [-0.25, -0.2) is 0 Å². The summed E-state index contributed by atoms with van der Waals surface area (Å²) in [6.07, 6.45) is -5.19. The van der Waals surface area contributed by atoms with E-state index in [2.05, 4.69) is 17.1 Å². The van der Waals surface area contributed by atoms with Gasteiger partial charge in [0.25, 0.3) is 6.29 Å². The first kappa shape index (κ1) is 28.4. The van der Waals surface area contributed by atoms with E-state index >= 15 is 0 Å². The Hall–Kier alpha value is -2.88. The van der Waals surface area contributed by atoms with E-state index in [0.29, 0.717) is 25.1 Å². The van der Waals surface area contributed by atoms with Crippen LogP contribution in [-0.2, 0) is 14.3 Å². The van der Waals surface area contributed by atoms with Crippen LogP contribution >= 0.6 is 0 Å². The highest BCUT2D eigenvalue weighted by atomic mass is 19.4. The molecule has 7 nitrogen and oxygen atoms in total. The van der Waals surface area contributed by atoms with E-state index in [-0.39, 0.29) is 18.9 Å². The molecule has 194 valence electrons. The van der Waals surface area contributed by atoms with Gasteiger partial charge in [-0.05, 0) is 43.2 Å². The lowest BCUT2D eigenvalue weighted by Gasteiger charge is -2.28. The molecular weight excluding hydrogens is 465 g/mol. The molecule has 1 aromatic carbocycles. The maximum Gasteiger partial charge on any atom is 0.422 e. The standard InChI is InChI=1S/C25H33F3N2O5/c1-4-7-9-17-32-19-12-10-18(11-13-19)20-14-15-21(30-29-20)34-24(35-22(31)6-3)23(25(26,27)28)33-16-8-5-2/h10-15,23-24H,4-9,16-17H2,1-3H3. The molecule has 35 heavy (non-hydrogen) atoms. The van der Waals surface area contributed by atoms with Crippen LogP contribution in [0.4, 0.5) is 13.2 Å². The van der Waals surface area contributed by atoms with Crippen LogP contribution in [0.25, 0.3) is 11.3 Å². The van der Waals surface area contributed by atoms with Gasteiger partial charge in [-0.3, -0.25) is 4.79 Å². The van der Waals surface area contributed by atoms with Gasteiger partial charge in [0.15, 0.2) is 0 Å². The number of esters is 1. The molecule has 0 spiro atoms. The minimum Gasteiger partial charge on any atom is -0.494 e. The summed E-state index contributed by atoms with van der Waals surface area (Å²) in [6.45, 7) is 5.90. The second kappa shape index (κ2) is 14.5.